The van der Waals surface area contributed by atoms with Gasteiger partial charge in [0.25, 0.3) is 0 Å². The number of carbonyl (C=O) groups excluding carboxylic acids is 1. The van der Waals surface area contributed by atoms with Crippen molar-refractivity contribution in [3.63, 3.8) is 0 Å². The van der Waals surface area contributed by atoms with Gasteiger partial charge in [-0.15, -0.1) is 0 Å². The summed E-state index contributed by atoms with van der Waals surface area (Å²) in [6, 6.07) is 6.68. The van der Waals surface area contributed by atoms with E-state index in [-0.39, 0.29) is 11.8 Å². The van der Waals surface area contributed by atoms with Crippen molar-refractivity contribution < 1.29 is 13.2 Å². The average molecular weight is 283 g/mol. The summed E-state index contributed by atoms with van der Waals surface area (Å²) in [5.74, 6) is 0.0848. The van der Waals surface area contributed by atoms with Gasteiger partial charge >= 0.3 is 6.03 Å². The van der Waals surface area contributed by atoms with E-state index < -0.39 is 10.0 Å². The van der Waals surface area contributed by atoms with E-state index in [2.05, 4.69) is 10.0 Å². The van der Waals surface area contributed by atoms with Crippen molar-refractivity contribution in [2.45, 2.75) is 13.3 Å². The molecule has 1 aliphatic rings. The number of benzene rings is 1. The van der Waals surface area contributed by atoms with Gasteiger partial charge < -0.3 is 5.32 Å². The summed E-state index contributed by atoms with van der Waals surface area (Å²) in [5, 5.41) is 2.70. The summed E-state index contributed by atoms with van der Waals surface area (Å²) in [7, 11) is -3.31. The first-order chi connectivity index (χ1) is 9.02. The second kappa shape index (κ2) is 5.48. The zero-order chi connectivity index (χ0) is 13.9. The summed E-state index contributed by atoms with van der Waals surface area (Å²) < 4.78 is 25.9. The molecule has 0 atom stereocenters. The van der Waals surface area contributed by atoms with Crippen LogP contribution in [0.2, 0.25) is 0 Å². The first-order valence-electron chi connectivity index (χ1n) is 6.18. The van der Waals surface area contributed by atoms with Crippen molar-refractivity contribution in [1.29, 1.82) is 0 Å². The van der Waals surface area contributed by atoms with Gasteiger partial charge in [0.2, 0.25) is 10.0 Å². The Bertz CT molecular complexity index is 571. The molecule has 0 unspecified atom stereocenters. The van der Waals surface area contributed by atoms with Gasteiger partial charge in [-0.3, -0.25) is 9.62 Å². The molecule has 1 heterocycles. The lowest BCUT2D eigenvalue weighted by atomic mass is 10.2. The number of nitrogens with one attached hydrogen (secondary N) is 2. The van der Waals surface area contributed by atoms with Gasteiger partial charge in [-0.25, -0.2) is 13.2 Å². The number of rotatable bonds is 5. The molecule has 0 spiro atoms. The van der Waals surface area contributed by atoms with Crippen molar-refractivity contribution in [3.8, 4) is 0 Å². The molecule has 0 radical (unpaired) electrons. The third-order valence-electron chi connectivity index (χ3n) is 2.76. The summed E-state index contributed by atoms with van der Waals surface area (Å²) in [4.78, 5) is 13.1. The van der Waals surface area contributed by atoms with E-state index in [1.165, 1.54) is 0 Å². The number of hydrogen-bond donors (Lipinski definition) is 2. The van der Waals surface area contributed by atoms with Crippen molar-refractivity contribution >= 4 is 27.4 Å². The topological polar surface area (TPSA) is 78.5 Å². The SMILES string of the molecule is CCCS(=O)(=O)Nc1cccc(N2CCNC2=O)c1. The zero-order valence-corrected chi connectivity index (χ0v) is 11.5. The summed E-state index contributed by atoms with van der Waals surface area (Å²) in [6.45, 7) is 3.00. The Balaban J connectivity index is 2.18. The first kappa shape index (κ1) is 13.7. The third-order valence-corrected chi connectivity index (χ3v) is 4.25. The van der Waals surface area contributed by atoms with E-state index in [1.807, 2.05) is 6.92 Å². The minimum atomic E-state index is -3.31. The predicted octanol–water partition coefficient (Wildman–Crippen LogP) is 1.37. The summed E-state index contributed by atoms with van der Waals surface area (Å²) >= 11 is 0. The maximum Gasteiger partial charge on any atom is 0.321 e. The molecule has 2 rings (SSSR count). The molecule has 1 aromatic carbocycles. The van der Waals surface area contributed by atoms with Crippen LogP contribution in [0, 0.1) is 0 Å². The number of urea groups is 1. The normalized spacial score (nSPS) is 15.4. The second-order valence-corrected chi connectivity index (χ2v) is 6.20. The molecule has 104 valence electrons. The van der Waals surface area contributed by atoms with E-state index in [1.54, 1.807) is 29.2 Å². The fourth-order valence-corrected chi connectivity index (χ4v) is 3.08. The number of carbonyl (C=O) groups is 1. The van der Waals surface area contributed by atoms with Crippen LogP contribution in [0.25, 0.3) is 0 Å². The van der Waals surface area contributed by atoms with Crippen LogP contribution in [0.5, 0.6) is 0 Å². The standard InChI is InChI=1S/C12H17N3O3S/c1-2-8-19(17,18)14-10-4-3-5-11(9-10)15-7-6-13-12(15)16/h3-5,9,14H,2,6-8H2,1H3,(H,13,16). The molecule has 2 N–H and O–H groups in total. The van der Waals surface area contributed by atoms with Gasteiger partial charge in [-0.05, 0) is 24.6 Å². The highest BCUT2D eigenvalue weighted by molar-refractivity contribution is 7.92. The molecule has 0 aromatic heterocycles. The lowest BCUT2D eigenvalue weighted by Gasteiger charge is -2.15. The van der Waals surface area contributed by atoms with Crippen LogP contribution >= 0.6 is 0 Å². The number of amides is 2. The van der Waals surface area contributed by atoms with E-state index in [9.17, 15) is 13.2 Å². The molecule has 19 heavy (non-hydrogen) atoms. The molecular weight excluding hydrogens is 266 g/mol. The second-order valence-electron chi connectivity index (χ2n) is 4.35. The quantitative estimate of drug-likeness (QED) is 0.856. The zero-order valence-electron chi connectivity index (χ0n) is 10.7. The maximum absolute atomic E-state index is 11.7. The lowest BCUT2D eigenvalue weighted by Crippen LogP contribution is -2.27. The molecule has 6 nitrogen and oxygen atoms in total. The Kier molecular flexibility index (Phi) is 3.94. The highest BCUT2D eigenvalue weighted by Crippen LogP contribution is 2.21. The van der Waals surface area contributed by atoms with Gasteiger partial charge in [0.1, 0.15) is 0 Å². The third kappa shape index (κ3) is 3.37. The first-order valence-corrected chi connectivity index (χ1v) is 7.83. The van der Waals surface area contributed by atoms with Crippen LogP contribution in [0.4, 0.5) is 16.2 Å². The molecular formula is C12H17N3O3S. The molecule has 0 saturated carbocycles. The minimum Gasteiger partial charge on any atom is -0.336 e. The van der Waals surface area contributed by atoms with Crippen LogP contribution < -0.4 is 14.9 Å². The molecule has 2 amide bonds. The molecule has 1 aromatic rings. The Morgan fingerprint density at radius 1 is 1.42 bits per heavy atom. The number of anilines is 2. The molecule has 7 heteroatoms. The van der Waals surface area contributed by atoms with Crippen molar-refractivity contribution in [2.24, 2.45) is 0 Å². The van der Waals surface area contributed by atoms with Gasteiger partial charge in [0.15, 0.2) is 0 Å². The molecule has 0 bridgehead atoms. The Hall–Kier alpha value is -1.76. The van der Waals surface area contributed by atoms with E-state index in [0.717, 1.165) is 0 Å². The predicted molar refractivity (Wildman–Crippen MR) is 74.9 cm³/mol. The van der Waals surface area contributed by atoms with Gasteiger partial charge in [0.05, 0.1) is 11.4 Å². The minimum absolute atomic E-state index is 0.0848. The fourth-order valence-electron chi connectivity index (χ4n) is 1.95. The van der Waals surface area contributed by atoms with Crippen LogP contribution in [0.15, 0.2) is 24.3 Å². The van der Waals surface area contributed by atoms with Crippen LogP contribution in [-0.2, 0) is 10.0 Å². The Morgan fingerprint density at radius 3 is 2.84 bits per heavy atom. The Labute approximate surface area is 112 Å². The summed E-state index contributed by atoms with van der Waals surface area (Å²) in [5.41, 5.74) is 1.16. The highest BCUT2D eigenvalue weighted by atomic mass is 32.2. The molecule has 1 aliphatic heterocycles. The number of hydrogen-bond acceptors (Lipinski definition) is 3. The van der Waals surface area contributed by atoms with E-state index in [0.29, 0.717) is 30.9 Å². The van der Waals surface area contributed by atoms with E-state index in [4.69, 9.17) is 0 Å². The lowest BCUT2D eigenvalue weighted by molar-refractivity contribution is 0.252. The van der Waals surface area contributed by atoms with Crippen LogP contribution in [-0.4, -0.2) is 33.3 Å². The molecule has 1 saturated heterocycles. The van der Waals surface area contributed by atoms with Gasteiger partial charge in [-0.1, -0.05) is 13.0 Å². The van der Waals surface area contributed by atoms with Crippen molar-refractivity contribution in [3.05, 3.63) is 24.3 Å². The highest BCUT2D eigenvalue weighted by Gasteiger charge is 2.21. The van der Waals surface area contributed by atoms with Gasteiger partial charge in [-0.2, -0.15) is 0 Å². The van der Waals surface area contributed by atoms with Crippen LogP contribution in [0.3, 0.4) is 0 Å². The van der Waals surface area contributed by atoms with E-state index >= 15 is 0 Å². The van der Waals surface area contributed by atoms with Gasteiger partial charge in [0, 0.05) is 18.8 Å². The van der Waals surface area contributed by atoms with Crippen molar-refractivity contribution in [2.75, 3.05) is 28.5 Å². The number of nitrogens with zero attached hydrogens (tertiary/aromatic N) is 1. The maximum atomic E-state index is 11.7. The Morgan fingerprint density at radius 2 is 2.21 bits per heavy atom. The smallest absolute Gasteiger partial charge is 0.321 e. The molecule has 0 aliphatic carbocycles. The average Bonchev–Trinajstić information content (AvgIpc) is 2.75. The van der Waals surface area contributed by atoms with Crippen LogP contribution in [0.1, 0.15) is 13.3 Å². The largest absolute Gasteiger partial charge is 0.336 e. The van der Waals surface area contributed by atoms with Crippen molar-refractivity contribution in [1.82, 2.24) is 5.32 Å². The fraction of sp³-hybridized carbons (Fsp3) is 0.417. The summed E-state index contributed by atoms with van der Waals surface area (Å²) in [6.07, 6.45) is 0.559. The number of sulfonamides is 1. The molecule has 1 fully saturated rings. The monoisotopic (exact) mass is 283 g/mol.